The molecule has 2 rings (SSSR count). The summed E-state index contributed by atoms with van der Waals surface area (Å²) >= 11 is 2.71. The number of hydrogen-bond donors (Lipinski definition) is 0. The molecule has 0 aliphatic rings. The van der Waals surface area contributed by atoms with E-state index < -0.39 is 0 Å². The quantitative estimate of drug-likeness (QED) is 0.416. The molecule has 0 N–H and O–H groups in total. The minimum atomic E-state index is -0.337. The normalized spacial score (nSPS) is 10.9. The number of amides is 1. The van der Waals surface area contributed by atoms with Crippen molar-refractivity contribution in [3.63, 3.8) is 0 Å². The van der Waals surface area contributed by atoms with Crippen molar-refractivity contribution in [2.24, 2.45) is 0 Å². The van der Waals surface area contributed by atoms with Gasteiger partial charge in [0.05, 0.1) is 12.4 Å². The highest BCUT2D eigenvalue weighted by molar-refractivity contribution is 8.00. The Morgan fingerprint density at radius 2 is 1.84 bits per heavy atom. The van der Waals surface area contributed by atoms with Gasteiger partial charge in [0.2, 0.25) is 5.91 Å². The van der Waals surface area contributed by atoms with Crippen molar-refractivity contribution in [3.05, 3.63) is 16.3 Å². The van der Waals surface area contributed by atoms with E-state index in [1.165, 1.54) is 23.1 Å². The molecule has 0 bridgehead atoms. The molecule has 0 aliphatic carbocycles. The van der Waals surface area contributed by atoms with E-state index in [4.69, 9.17) is 4.74 Å². The zero-order chi connectivity index (χ0) is 18.6. The molecule has 0 radical (unpaired) electrons. The molecule has 6 nitrogen and oxygen atoms in total. The van der Waals surface area contributed by atoms with E-state index in [2.05, 4.69) is 9.97 Å². The van der Waals surface area contributed by atoms with Gasteiger partial charge in [-0.25, -0.2) is 14.8 Å². The van der Waals surface area contributed by atoms with Gasteiger partial charge in [0.15, 0.2) is 0 Å². The maximum atomic E-state index is 12.3. The lowest BCUT2D eigenvalue weighted by Crippen LogP contribution is -2.31. The van der Waals surface area contributed by atoms with Gasteiger partial charge in [0.1, 0.15) is 20.6 Å². The second-order valence-corrected chi connectivity index (χ2v) is 7.35. The molecule has 0 spiro atoms. The molecule has 0 atom stereocenters. The molecule has 136 valence electrons. The highest BCUT2D eigenvalue weighted by Gasteiger charge is 2.22. The number of nitrogens with zero attached hydrogens (tertiary/aromatic N) is 3. The SMILES string of the molecule is CCOC(=O)c1sc2nc(C)nc(SCC(=O)N(CC)CC)c2c1C. The highest BCUT2D eigenvalue weighted by atomic mass is 32.2. The Bertz CT molecular complexity index is 785. The van der Waals surface area contributed by atoms with Crippen molar-refractivity contribution in [2.45, 2.75) is 39.6 Å². The molecule has 2 aromatic heterocycles. The Labute approximate surface area is 156 Å². The Morgan fingerprint density at radius 3 is 2.44 bits per heavy atom. The summed E-state index contributed by atoms with van der Waals surface area (Å²) in [7, 11) is 0. The van der Waals surface area contributed by atoms with Crippen LogP contribution in [-0.2, 0) is 9.53 Å². The third-order valence-corrected chi connectivity index (χ3v) is 5.90. The summed E-state index contributed by atoms with van der Waals surface area (Å²) in [6.45, 7) is 11.1. The van der Waals surface area contributed by atoms with Crippen molar-refractivity contribution < 1.29 is 14.3 Å². The van der Waals surface area contributed by atoms with Crippen LogP contribution in [0.15, 0.2) is 5.03 Å². The summed E-state index contributed by atoms with van der Waals surface area (Å²) in [5.41, 5.74) is 0.816. The van der Waals surface area contributed by atoms with Crippen molar-refractivity contribution in [2.75, 3.05) is 25.4 Å². The third-order valence-electron chi connectivity index (χ3n) is 3.78. The summed E-state index contributed by atoms with van der Waals surface area (Å²) in [6, 6.07) is 0. The molecule has 8 heteroatoms. The van der Waals surface area contributed by atoms with E-state index in [0.29, 0.717) is 36.2 Å². The molecule has 2 heterocycles. The molecule has 0 aromatic carbocycles. The average molecular weight is 382 g/mol. The van der Waals surface area contributed by atoms with E-state index in [1.807, 2.05) is 27.7 Å². The number of thioether (sulfide) groups is 1. The van der Waals surface area contributed by atoms with Gasteiger partial charge in [-0.1, -0.05) is 11.8 Å². The maximum Gasteiger partial charge on any atom is 0.348 e. The smallest absolute Gasteiger partial charge is 0.348 e. The second-order valence-electron chi connectivity index (χ2n) is 5.39. The average Bonchev–Trinajstić information content (AvgIpc) is 2.90. The van der Waals surface area contributed by atoms with Crippen LogP contribution in [0.3, 0.4) is 0 Å². The van der Waals surface area contributed by atoms with Crippen LogP contribution >= 0.6 is 23.1 Å². The predicted molar refractivity (Wildman–Crippen MR) is 101 cm³/mol. The van der Waals surface area contributed by atoms with Gasteiger partial charge in [-0.15, -0.1) is 11.3 Å². The largest absolute Gasteiger partial charge is 0.462 e. The lowest BCUT2D eigenvalue weighted by Gasteiger charge is -2.18. The number of esters is 1. The van der Waals surface area contributed by atoms with Crippen LogP contribution in [0.2, 0.25) is 0 Å². The van der Waals surface area contributed by atoms with Crippen molar-refractivity contribution >= 4 is 45.2 Å². The van der Waals surface area contributed by atoms with E-state index >= 15 is 0 Å². The van der Waals surface area contributed by atoms with Gasteiger partial charge in [-0.05, 0) is 40.2 Å². The molecule has 25 heavy (non-hydrogen) atoms. The number of fused-ring (bicyclic) bond motifs is 1. The Kier molecular flexibility index (Phi) is 6.78. The van der Waals surface area contributed by atoms with Gasteiger partial charge < -0.3 is 9.64 Å². The number of ether oxygens (including phenoxy) is 1. The lowest BCUT2D eigenvalue weighted by atomic mass is 10.2. The summed E-state index contributed by atoms with van der Waals surface area (Å²) < 4.78 is 5.12. The van der Waals surface area contributed by atoms with Crippen LogP contribution in [0.25, 0.3) is 10.2 Å². The lowest BCUT2D eigenvalue weighted by molar-refractivity contribution is -0.127. The fourth-order valence-corrected chi connectivity index (χ4v) is 4.72. The molecule has 1 amide bonds. The van der Waals surface area contributed by atoms with Gasteiger partial charge in [-0.2, -0.15) is 0 Å². The number of carbonyl (C=O) groups is 2. The van der Waals surface area contributed by atoms with E-state index in [-0.39, 0.29) is 11.9 Å². The first-order valence-electron chi connectivity index (χ1n) is 8.28. The Hall–Kier alpha value is -1.67. The monoisotopic (exact) mass is 381 g/mol. The number of rotatable bonds is 7. The number of hydrogen-bond acceptors (Lipinski definition) is 7. The third kappa shape index (κ3) is 4.30. The number of carbonyl (C=O) groups excluding carboxylic acids is 2. The van der Waals surface area contributed by atoms with E-state index in [0.717, 1.165) is 20.8 Å². The first-order valence-corrected chi connectivity index (χ1v) is 10.1. The van der Waals surface area contributed by atoms with Gasteiger partial charge in [0, 0.05) is 18.5 Å². The maximum absolute atomic E-state index is 12.3. The fourth-order valence-electron chi connectivity index (χ4n) is 2.50. The molecule has 2 aromatic rings. The highest BCUT2D eigenvalue weighted by Crippen LogP contribution is 2.36. The van der Waals surface area contributed by atoms with Crippen LogP contribution in [0.4, 0.5) is 0 Å². The molecular weight excluding hydrogens is 358 g/mol. The summed E-state index contributed by atoms with van der Waals surface area (Å²) in [4.78, 5) is 36.5. The fraction of sp³-hybridized carbons (Fsp3) is 0.529. The second kappa shape index (κ2) is 8.62. The predicted octanol–water partition coefficient (Wildman–Crippen LogP) is 3.45. The summed E-state index contributed by atoms with van der Waals surface area (Å²) in [5, 5.41) is 1.59. The number of thiophene rings is 1. The summed E-state index contributed by atoms with van der Waals surface area (Å²) in [5.74, 6) is 0.688. The van der Waals surface area contributed by atoms with Crippen molar-refractivity contribution in [1.29, 1.82) is 0 Å². The van der Waals surface area contributed by atoms with Gasteiger partial charge in [-0.3, -0.25) is 4.79 Å². The molecular formula is C17H23N3O3S2. The Morgan fingerprint density at radius 1 is 1.16 bits per heavy atom. The molecule has 0 saturated carbocycles. The first kappa shape index (κ1) is 19.7. The van der Waals surface area contributed by atoms with Crippen molar-refractivity contribution in [1.82, 2.24) is 14.9 Å². The van der Waals surface area contributed by atoms with Crippen LogP contribution < -0.4 is 0 Å². The van der Waals surface area contributed by atoms with Crippen LogP contribution in [-0.4, -0.2) is 52.2 Å². The van der Waals surface area contributed by atoms with Crippen LogP contribution in [0.1, 0.15) is 41.8 Å². The van der Waals surface area contributed by atoms with Crippen LogP contribution in [0, 0.1) is 13.8 Å². The molecule has 0 saturated heterocycles. The molecule has 0 unspecified atom stereocenters. The topological polar surface area (TPSA) is 72.4 Å². The zero-order valence-corrected chi connectivity index (χ0v) is 16.8. The zero-order valence-electron chi connectivity index (χ0n) is 15.2. The first-order chi connectivity index (χ1) is 11.9. The number of aryl methyl sites for hydroxylation is 2. The molecule has 0 fully saturated rings. The Balaban J connectivity index is 2.36. The minimum absolute atomic E-state index is 0.0814. The minimum Gasteiger partial charge on any atom is -0.462 e. The number of aromatic nitrogens is 2. The molecule has 0 aliphatic heterocycles. The van der Waals surface area contributed by atoms with Crippen molar-refractivity contribution in [3.8, 4) is 0 Å². The van der Waals surface area contributed by atoms with Gasteiger partial charge in [0.25, 0.3) is 0 Å². The van der Waals surface area contributed by atoms with Crippen LogP contribution in [0.5, 0.6) is 0 Å². The standard InChI is InChI=1S/C17H23N3O3S2/c1-6-20(7-2)12(21)9-24-15-13-10(4)14(17(22)23-8-3)25-16(13)19-11(5)18-15/h6-9H2,1-5H3. The summed E-state index contributed by atoms with van der Waals surface area (Å²) in [6.07, 6.45) is 0. The van der Waals surface area contributed by atoms with E-state index in [1.54, 1.807) is 11.8 Å². The van der Waals surface area contributed by atoms with E-state index in [9.17, 15) is 9.59 Å². The van der Waals surface area contributed by atoms with Gasteiger partial charge >= 0.3 is 5.97 Å².